The molecule has 1 aliphatic rings. The quantitative estimate of drug-likeness (QED) is 0.0999. The van der Waals surface area contributed by atoms with E-state index in [-0.39, 0.29) is 5.41 Å². The van der Waals surface area contributed by atoms with Crippen LogP contribution < -0.4 is 20.2 Å². The van der Waals surface area contributed by atoms with Gasteiger partial charge in [-0.05, 0) is 140 Å². The molecule has 0 unspecified atom stereocenters. The normalized spacial score (nSPS) is 13.5. The summed E-state index contributed by atoms with van der Waals surface area (Å²) >= 11 is 0. The smallest absolute Gasteiger partial charge is 0.0775 e. The van der Waals surface area contributed by atoms with Crippen LogP contribution in [0, 0.1) is 0 Å². The standard InChI is InChI=1S/C59H64N2Si2/c1-39(2)41-17-21-43(22-18-41)60(45-25-31-49(32-26-45)62(7,8)9)47-29-35-53-55(37-47)51-15-13-14-16-52(51)57-54-36-30-48(38-56(54)59(5,6)58(53)57)61(44-23-19-42(20-24-44)40(3)4)46-27-33-50(34-28-46)63(10,11)12/h13-40H,1-12H3. The second-order valence-electron chi connectivity index (χ2n) is 21.1. The molecule has 318 valence electrons. The minimum absolute atomic E-state index is 0.252. The predicted molar refractivity (Wildman–Crippen MR) is 283 cm³/mol. The van der Waals surface area contributed by atoms with E-state index in [1.165, 1.54) is 99.4 Å². The van der Waals surface area contributed by atoms with Crippen molar-refractivity contribution in [3.05, 3.63) is 180 Å². The molecule has 0 aromatic heterocycles. The molecular weight excluding hydrogens is 793 g/mol. The third-order valence-electron chi connectivity index (χ3n) is 13.7. The van der Waals surface area contributed by atoms with E-state index >= 15 is 0 Å². The summed E-state index contributed by atoms with van der Waals surface area (Å²) in [5.74, 6) is 0.950. The fourth-order valence-corrected chi connectivity index (χ4v) is 12.3. The highest BCUT2D eigenvalue weighted by Crippen LogP contribution is 2.56. The third-order valence-corrected chi connectivity index (χ3v) is 17.8. The van der Waals surface area contributed by atoms with Gasteiger partial charge in [0.15, 0.2) is 0 Å². The van der Waals surface area contributed by atoms with Crippen molar-refractivity contribution in [1.29, 1.82) is 0 Å². The highest BCUT2D eigenvalue weighted by molar-refractivity contribution is 6.89. The first-order valence-corrected chi connectivity index (χ1v) is 30.1. The van der Waals surface area contributed by atoms with Crippen LogP contribution in [0.15, 0.2) is 158 Å². The number of nitrogens with zero attached hydrogens (tertiary/aromatic N) is 2. The Kier molecular flexibility index (Phi) is 10.7. The van der Waals surface area contributed by atoms with E-state index in [1.807, 2.05) is 0 Å². The Morgan fingerprint density at radius 2 is 0.794 bits per heavy atom. The molecule has 8 aromatic rings. The topological polar surface area (TPSA) is 6.48 Å². The van der Waals surface area contributed by atoms with Crippen molar-refractivity contribution in [1.82, 2.24) is 0 Å². The lowest BCUT2D eigenvalue weighted by molar-refractivity contribution is 0.666. The summed E-state index contributed by atoms with van der Waals surface area (Å²) in [6.45, 7) is 28.5. The lowest BCUT2D eigenvalue weighted by atomic mass is 9.79. The van der Waals surface area contributed by atoms with Crippen LogP contribution in [0.1, 0.15) is 75.6 Å². The maximum absolute atomic E-state index is 2.49. The lowest BCUT2D eigenvalue weighted by Crippen LogP contribution is -2.37. The van der Waals surface area contributed by atoms with E-state index in [0.717, 1.165) is 0 Å². The minimum atomic E-state index is -1.47. The van der Waals surface area contributed by atoms with Crippen molar-refractivity contribution in [2.24, 2.45) is 0 Å². The molecule has 0 saturated carbocycles. The van der Waals surface area contributed by atoms with Crippen molar-refractivity contribution < 1.29 is 0 Å². The lowest BCUT2D eigenvalue weighted by Gasteiger charge is -2.29. The summed E-state index contributed by atoms with van der Waals surface area (Å²) in [7, 11) is -2.93. The predicted octanol–water partition coefficient (Wildman–Crippen LogP) is 16.6. The number of fused-ring (bicyclic) bond motifs is 8. The van der Waals surface area contributed by atoms with Crippen molar-refractivity contribution in [2.45, 2.75) is 98.1 Å². The van der Waals surface area contributed by atoms with Crippen molar-refractivity contribution >= 4 is 82.2 Å². The van der Waals surface area contributed by atoms with Crippen molar-refractivity contribution in [2.75, 3.05) is 9.80 Å². The Bertz CT molecular complexity index is 2960. The Balaban J connectivity index is 1.21. The Morgan fingerprint density at radius 3 is 1.24 bits per heavy atom. The summed E-state index contributed by atoms with van der Waals surface area (Å²) in [6, 6.07) is 60.7. The van der Waals surface area contributed by atoms with E-state index in [4.69, 9.17) is 0 Å². The SMILES string of the molecule is CC(C)c1ccc(N(c2ccc([Si](C)(C)C)cc2)c2ccc3c(c2)C(C)(C)c2c-3c3ccccc3c3cc(N(c4ccc(C(C)C)cc4)c4ccc([Si](C)(C)C)cc4)ccc23)cc1. The second-order valence-corrected chi connectivity index (χ2v) is 31.3. The summed E-state index contributed by atoms with van der Waals surface area (Å²) in [6.07, 6.45) is 0. The molecule has 0 spiro atoms. The molecule has 0 saturated heterocycles. The average Bonchev–Trinajstić information content (AvgIpc) is 3.50. The van der Waals surface area contributed by atoms with Gasteiger partial charge in [-0.15, -0.1) is 0 Å². The largest absolute Gasteiger partial charge is 0.310 e. The first kappa shape index (κ1) is 42.6. The fourth-order valence-electron chi connectivity index (χ4n) is 9.92. The molecule has 0 radical (unpaired) electrons. The zero-order valence-electron chi connectivity index (χ0n) is 39.6. The molecule has 0 N–H and O–H groups in total. The van der Waals surface area contributed by atoms with Gasteiger partial charge in [0.25, 0.3) is 0 Å². The fraction of sp³-hybridized carbons (Fsp3) is 0.254. The molecule has 2 nitrogen and oxygen atoms in total. The Hall–Kier alpha value is -5.69. The summed E-state index contributed by atoms with van der Waals surface area (Å²) in [5.41, 5.74) is 15.0. The van der Waals surface area contributed by atoms with Crippen LogP contribution in [-0.2, 0) is 5.41 Å². The first-order chi connectivity index (χ1) is 29.9. The number of hydrogen-bond acceptors (Lipinski definition) is 2. The Morgan fingerprint density at radius 1 is 0.397 bits per heavy atom. The maximum Gasteiger partial charge on any atom is 0.0775 e. The molecule has 0 atom stereocenters. The highest BCUT2D eigenvalue weighted by atomic mass is 28.3. The van der Waals surface area contributed by atoms with Gasteiger partial charge in [0.2, 0.25) is 0 Å². The molecule has 1 aliphatic carbocycles. The van der Waals surface area contributed by atoms with Gasteiger partial charge in [-0.1, -0.05) is 176 Å². The van der Waals surface area contributed by atoms with E-state index in [0.29, 0.717) is 11.8 Å². The molecule has 0 bridgehead atoms. The second kappa shape index (κ2) is 15.8. The number of anilines is 6. The number of rotatable bonds is 10. The van der Waals surface area contributed by atoms with Crippen molar-refractivity contribution in [3.8, 4) is 11.1 Å². The average molecular weight is 857 g/mol. The van der Waals surface area contributed by atoms with Crippen LogP contribution in [0.2, 0.25) is 39.3 Å². The van der Waals surface area contributed by atoms with E-state index < -0.39 is 16.1 Å². The number of benzene rings is 8. The maximum atomic E-state index is 2.49. The molecule has 4 heteroatoms. The van der Waals surface area contributed by atoms with Gasteiger partial charge >= 0.3 is 0 Å². The molecular formula is C59H64N2Si2. The van der Waals surface area contributed by atoms with Crippen LogP contribution in [0.3, 0.4) is 0 Å². The molecule has 0 amide bonds. The molecule has 63 heavy (non-hydrogen) atoms. The molecule has 0 fully saturated rings. The first-order valence-electron chi connectivity index (χ1n) is 23.1. The van der Waals surface area contributed by atoms with Gasteiger partial charge in [0.1, 0.15) is 0 Å². The van der Waals surface area contributed by atoms with Crippen molar-refractivity contribution in [3.63, 3.8) is 0 Å². The third kappa shape index (κ3) is 7.66. The van der Waals surface area contributed by atoms with Gasteiger partial charge in [0.05, 0.1) is 16.1 Å². The van der Waals surface area contributed by atoms with Crippen LogP contribution in [0.4, 0.5) is 34.1 Å². The van der Waals surface area contributed by atoms with E-state index in [9.17, 15) is 0 Å². The Labute approximate surface area is 379 Å². The minimum Gasteiger partial charge on any atom is -0.310 e. The van der Waals surface area contributed by atoms with Crippen LogP contribution >= 0.6 is 0 Å². The van der Waals surface area contributed by atoms with Gasteiger partial charge in [-0.3, -0.25) is 0 Å². The summed E-state index contributed by atoms with van der Waals surface area (Å²) < 4.78 is 0. The van der Waals surface area contributed by atoms with Gasteiger partial charge in [0, 0.05) is 39.5 Å². The summed E-state index contributed by atoms with van der Waals surface area (Å²) in [4.78, 5) is 4.91. The van der Waals surface area contributed by atoms with Crippen LogP contribution in [-0.4, -0.2) is 16.1 Å². The molecule has 8 aromatic carbocycles. The van der Waals surface area contributed by atoms with Gasteiger partial charge in [-0.2, -0.15) is 0 Å². The molecule has 0 aliphatic heterocycles. The molecule has 9 rings (SSSR count). The monoisotopic (exact) mass is 856 g/mol. The highest BCUT2D eigenvalue weighted by Gasteiger charge is 2.39. The zero-order valence-corrected chi connectivity index (χ0v) is 41.6. The van der Waals surface area contributed by atoms with Gasteiger partial charge < -0.3 is 9.80 Å². The van der Waals surface area contributed by atoms with E-state index in [2.05, 4.69) is 248 Å². The number of hydrogen-bond donors (Lipinski definition) is 0. The molecule has 0 heterocycles. The van der Waals surface area contributed by atoms with E-state index in [1.54, 1.807) is 0 Å². The van der Waals surface area contributed by atoms with Crippen LogP contribution in [0.25, 0.3) is 32.7 Å². The summed E-state index contributed by atoms with van der Waals surface area (Å²) in [5, 5.41) is 8.16. The van der Waals surface area contributed by atoms with Gasteiger partial charge in [-0.25, -0.2) is 0 Å². The van der Waals surface area contributed by atoms with Crippen LogP contribution in [0.5, 0.6) is 0 Å². The zero-order chi connectivity index (χ0) is 44.6.